The number of amides is 1. The summed E-state index contributed by atoms with van der Waals surface area (Å²) in [4.78, 5) is 13.6. The molecule has 0 aliphatic carbocycles. The van der Waals surface area contributed by atoms with Crippen LogP contribution < -0.4 is 5.32 Å². The van der Waals surface area contributed by atoms with Gasteiger partial charge in [-0.15, -0.1) is 0 Å². The van der Waals surface area contributed by atoms with Gasteiger partial charge < -0.3 is 15.0 Å². The number of benzene rings is 1. The van der Waals surface area contributed by atoms with Crippen LogP contribution in [0.15, 0.2) is 36.5 Å². The highest BCUT2D eigenvalue weighted by atomic mass is 16.6. The number of nitrogens with one attached hydrogen (secondary N) is 2. The summed E-state index contributed by atoms with van der Waals surface area (Å²) in [6.45, 7) is 6.94. The molecule has 0 saturated carbocycles. The molecule has 1 aliphatic rings. The van der Waals surface area contributed by atoms with Crippen LogP contribution in [0.25, 0.3) is 11.3 Å². The first-order valence-corrected chi connectivity index (χ1v) is 7.75. The third kappa shape index (κ3) is 3.83. The summed E-state index contributed by atoms with van der Waals surface area (Å²) >= 11 is 0. The molecule has 2 heterocycles. The van der Waals surface area contributed by atoms with Crippen LogP contribution in [0, 0.1) is 0 Å². The third-order valence-electron chi connectivity index (χ3n) is 3.58. The summed E-state index contributed by atoms with van der Waals surface area (Å²) < 4.78 is 5.36. The molecule has 6 heteroatoms. The van der Waals surface area contributed by atoms with E-state index in [0.717, 1.165) is 16.9 Å². The van der Waals surface area contributed by atoms with E-state index in [2.05, 4.69) is 21.6 Å². The highest BCUT2D eigenvalue weighted by Gasteiger charge is 2.33. The Labute approximate surface area is 135 Å². The van der Waals surface area contributed by atoms with E-state index in [0.29, 0.717) is 13.1 Å². The van der Waals surface area contributed by atoms with Gasteiger partial charge in [0.2, 0.25) is 0 Å². The van der Waals surface area contributed by atoms with E-state index in [4.69, 9.17) is 4.74 Å². The summed E-state index contributed by atoms with van der Waals surface area (Å²) in [7, 11) is 0. The molecule has 1 amide bonds. The first-order chi connectivity index (χ1) is 10.9. The quantitative estimate of drug-likeness (QED) is 0.913. The molecule has 0 atom stereocenters. The summed E-state index contributed by atoms with van der Waals surface area (Å²) in [6, 6.07) is 10.3. The van der Waals surface area contributed by atoms with Crippen molar-refractivity contribution in [3.8, 4) is 11.3 Å². The second-order valence-corrected chi connectivity index (χ2v) is 6.78. The molecule has 122 valence electrons. The average molecular weight is 314 g/mol. The number of anilines is 1. The minimum Gasteiger partial charge on any atom is -0.444 e. The van der Waals surface area contributed by atoms with E-state index >= 15 is 0 Å². The number of likely N-dealkylation sites (tertiary alicyclic amines) is 1. The smallest absolute Gasteiger partial charge is 0.410 e. The Balaban J connectivity index is 1.54. The molecule has 0 radical (unpaired) electrons. The van der Waals surface area contributed by atoms with Crippen LogP contribution in [0.3, 0.4) is 0 Å². The van der Waals surface area contributed by atoms with Crippen LogP contribution >= 0.6 is 0 Å². The predicted molar refractivity (Wildman–Crippen MR) is 89.2 cm³/mol. The number of ether oxygens (including phenoxy) is 1. The minimum atomic E-state index is -0.450. The topological polar surface area (TPSA) is 70.2 Å². The van der Waals surface area contributed by atoms with E-state index in [1.807, 2.05) is 45.0 Å². The van der Waals surface area contributed by atoms with Gasteiger partial charge in [0.05, 0.1) is 11.7 Å². The molecule has 1 aromatic carbocycles. The third-order valence-corrected chi connectivity index (χ3v) is 3.58. The van der Waals surface area contributed by atoms with Crippen molar-refractivity contribution in [2.24, 2.45) is 0 Å². The number of rotatable bonds is 3. The van der Waals surface area contributed by atoms with Crippen molar-refractivity contribution < 1.29 is 9.53 Å². The maximum atomic E-state index is 11.9. The fourth-order valence-electron chi connectivity index (χ4n) is 2.47. The molecule has 0 unspecified atom stereocenters. The number of carbonyl (C=O) groups is 1. The first-order valence-electron chi connectivity index (χ1n) is 7.75. The van der Waals surface area contributed by atoms with Crippen molar-refractivity contribution in [1.29, 1.82) is 0 Å². The molecular weight excluding hydrogens is 292 g/mol. The molecular formula is C17H22N4O2. The molecule has 2 N–H and O–H groups in total. The number of nitrogens with zero attached hydrogens (tertiary/aromatic N) is 2. The number of aromatic nitrogens is 2. The standard InChI is InChI=1S/C17H22N4O2/c1-17(2,3)23-16(22)21-10-14(11-21)19-13-6-4-5-12(9-13)15-7-8-18-20-15/h4-9,14,19H,10-11H2,1-3H3,(H,18,20). The Kier molecular flexibility index (Phi) is 3.98. The maximum Gasteiger partial charge on any atom is 0.410 e. The van der Waals surface area contributed by atoms with E-state index in [-0.39, 0.29) is 12.1 Å². The molecule has 1 aromatic heterocycles. The van der Waals surface area contributed by atoms with Gasteiger partial charge >= 0.3 is 6.09 Å². The van der Waals surface area contributed by atoms with Crippen LogP contribution in [0.4, 0.5) is 10.5 Å². The fourth-order valence-corrected chi connectivity index (χ4v) is 2.47. The molecule has 2 aromatic rings. The van der Waals surface area contributed by atoms with Crippen LogP contribution in [0.2, 0.25) is 0 Å². The van der Waals surface area contributed by atoms with Gasteiger partial charge in [0.1, 0.15) is 5.60 Å². The molecule has 0 spiro atoms. The van der Waals surface area contributed by atoms with Gasteiger partial charge in [-0.2, -0.15) is 5.10 Å². The fraction of sp³-hybridized carbons (Fsp3) is 0.412. The van der Waals surface area contributed by atoms with Crippen molar-refractivity contribution in [3.63, 3.8) is 0 Å². The second-order valence-electron chi connectivity index (χ2n) is 6.78. The van der Waals surface area contributed by atoms with Gasteiger partial charge in [-0.3, -0.25) is 5.10 Å². The van der Waals surface area contributed by atoms with Gasteiger partial charge in [-0.25, -0.2) is 4.79 Å². The number of aromatic amines is 1. The van der Waals surface area contributed by atoms with Crippen molar-refractivity contribution in [1.82, 2.24) is 15.1 Å². The summed E-state index contributed by atoms with van der Waals surface area (Å²) in [5.74, 6) is 0. The number of H-pyrrole nitrogens is 1. The largest absolute Gasteiger partial charge is 0.444 e. The average Bonchev–Trinajstić information content (AvgIpc) is 2.94. The lowest BCUT2D eigenvalue weighted by atomic mass is 10.1. The lowest BCUT2D eigenvalue weighted by Gasteiger charge is -2.40. The first kappa shape index (κ1) is 15.4. The lowest BCUT2D eigenvalue weighted by Crippen LogP contribution is -2.57. The van der Waals surface area contributed by atoms with E-state index in [1.54, 1.807) is 11.1 Å². The zero-order chi connectivity index (χ0) is 16.4. The Morgan fingerprint density at radius 1 is 1.35 bits per heavy atom. The van der Waals surface area contributed by atoms with Crippen LogP contribution in [-0.2, 0) is 4.74 Å². The van der Waals surface area contributed by atoms with Gasteiger partial charge in [-0.1, -0.05) is 12.1 Å². The Bertz CT molecular complexity index is 670. The maximum absolute atomic E-state index is 11.9. The minimum absolute atomic E-state index is 0.248. The molecule has 0 bridgehead atoms. The Hall–Kier alpha value is -2.50. The predicted octanol–water partition coefficient (Wildman–Crippen LogP) is 3.11. The second kappa shape index (κ2) is 5.95. The monoisotopic (exact) mass is 314 g/mol. The number of carbonyl (C=O) groups excluding carboxylic acids is 1. The number of hydrogen-bond donors (Lipinski definition) is 2. The van der Waals surface area contributed by atoms with Crippen LogP contribution in [0.5, 0.6) is 0 Å². The molecule has 1 fully saturated rings. The van der Waals surface area contributed by atoms with E-state index in [1.165, 1.54) is 0 Å². The van der Waals surface area contributed by atoms with Gasteiger partial charge in [0.15, 0.2) is 0 Å². The lowest BCUT2D eigenvalue weighted by molar-refractivity contribution is 0.0105. The van der Waals surface area contributed by atoms with Crippen molar-refractivity contribution >= 4 is 11.8 Å². The van der Waals surface area contributed by atoms with Crippen LogP contribution in [0.1, 0.15) is 20.8 Å². The van der Waals surface area contributed by atoms with Crippen molar-refractivity contribution in [3.05, 3.63) is 36.5 Å². The highest BCUT2D eigenvalue weighted by Crippen LogP contribution is 2.23. The summed E-state index contributed by atoms with van der Waals surface area (Å²) in [5.41, 5.74) is 2.65. The van der Waals surface area contributed by atoms with Gasteiger partial charge in [-0.05, 0) is 39.0 Å². The molecule has 1 saturated heterocycles. The van der Waals surface area contributed by atoms with Crippen molar-refractivity contribution in [2.75, 3.05) is 18.4 Å². The van der Waals surface area contributed by atoms with Gasteiger partial charge in [0, 0.05) is 30.5 Å². The molecule has 6 nitrogen and oxygen atoms in total. The van der Waals surface area contributed by atoms with Crippen LogP contribution in [-0.4, -0.2) is 45.9 Å². The SMILES string of the molecule is CC(C)(C)OC(=O)N1CC(Nc2cccc(-c3ccn[nH]3)c2)C1. The summed E-state index contributed by atoms with van der Waals surface area (Å²) in [6.07, 6.45) is 1.49. The summed E-state index contributed by atoms with van der Waals surface area (Å²) in [5, 5.41) is 10.4. The number of hydrogen-bond acceptors (Lipinski definition) is 4. The molecule has 3 rings (SSSR count). The highest BCUT2D eigenvalue weighted by molar-refractivity contribution is 5.70. The Morgan fingerprint density at radius 2 is 2.13 bits per heavy atom. The zero-order valence-electron chi connectivity index (χ0n) is 13.7. The van der Waals surface area contributed by atoms with E-state index < -0.39 is 5.60 Å². The molecule has 23 heavy (non-hydrogen) atoms. The zero-order valence-corrected chi connectivity index (χ0v) is 13.7. The van der Waals surface area contributed by atoms with Gasteiger partial charge in [0.25, 0.3) is 0 Å². The normalized spacial score (nSPS) is 15.2. The Morgan fingerprint density at radius 3 is 2.78 bits per heavy atom. The van der Waals surface area contributed by atoms with Crippen molar-refractivity contribution in [2.45, 2.75) is 32.4 Å². The molecule has 1 aliphatic heterocycles. The van der Waals surface area contributed by atoms with E-state index in [9.17, 15) is 4.79 Å².